The lowest BCUT2D eigenvalue weighted by molar-refractivity contribution is 0.0525. The third-order valence-corrected chi connectivity index (χ3v) is 4.47. The molecule has 0 saturated carbocycles. The summed E-state index contributed by atoms with van der Waals surface area (Å²) in [4.78, 5) is 29.5. The molecule has 0 amide bonds. The highest BCUT2D eigenvalue weighted by Gasteiger charge is 2.28. The van der Waals surface area contributed by atoms with Gasteiger partial charge in [-0.05, 0) is 45.4 Å². The number of aromatic nitrogens is 1. The Kier molecular flexibility index (Phi) is 6.62. The molecule has 0 unspecified atom stereocenters. The Hall–Kier alpha value is -2.11. The van der Waals surface area contributed by atoms with Crippen molar-refractivity contribution in [2.45, 2.75) is 27.7 Å². The Labute approximate surface area is 162 Å². The van der Waals surface area contributed by atoms with Crippen LogP contribution in [0.2, 0.25) is 10.0 Å². The summed E-state index contributed by atoms with van der Waals surface area (Å²) in [5.41, 5.74) is 2.26. The molecule has 0 bridgehead atoms. The molecule has 1 aromatic heterocycles. The maximum Gasteiger partial charge on any atom is 0.340 e. The number of halogens is 2. The van der Waals surface area contributed by atoms with Gasteiger partial charge in [0.05, 0.1) is 45.8 Å². The lowest BCUT2D eigenvalue weighted by atomic mass is 9.92. The molecule has 0 atom stereocenters. The van der Waals surface area contributed by atoms with Crippen molar-refractivity contribution < 1.29 is 19.1 Å². The quantitative estimate of drug-likeness (QED) is 0.664. The molecule has 1 aromatic carbocycles. The van der Waals surface area contributed by atoms with Gasteiger partial charge in [0.1, 0.15) is 0 Å². The van der Waals surface area contributed by atoms with Gasteiger partial charge in [-0.2, -0.15) is 0 Å². The van der Waals surface area contributed by atoms with Crippen LogP contribution in [0.5, 0.6) is 0 Å². The monoisotopic (exact) mass is 395 g/mol. The second kappa shape index (κ2) is 8.52. The van der Waals surface area contributed by atoms with E-state index in [0.717, 1.165) is 0 Å². The molecule has 0 N–H and O–H groups in total. The van der Waals surface area contributed by atoms with Crippen LogP contribution in [0, 0.1) is 13.8 Å². The third kappa shape index (κ3) is 4.00. The first kappa shape index (κ1) is 20.2. The maximum absolute atomic E-state index is 12.6. The molecule has 138 valence electrons. The lowest BCUT2D eigenvalue weighted by Gasteiger charge is -2.18. The number of rotatable bonds is 5. The molecule has 2 aromatic rings. The van der Waals surface area contributed by atoms with E-state index in [4.69, 9.17) is 32.7 Å². The fourth-order valence-electron chi connectivity index (χ4n) is 2.70. The van der Waals surface area contributed by atoms with Crippen molar-refractivity contribution in [2.75, 3.05) is 13.2 Å². The number of nitrogens with zero attached hydrogens (tertiary/aromatic N) is 1. The summed E-state index contributed by atoms with van der Waals surface area (Å²) < 4.78 is 10.3. The van der Waals surface area contributed by atoms with Gasteiger partial charge in [-0.3, -0.25) is 4.98 Å². The molecule has 26 heavy (non-hydrogen) atoms. The average Bonchev–Trinajstić information content (AvgIpc) is 2.57. The zero-order valence-corrected chi connectivity index (χ0v) is 16.5. The van der Waals surface area contributed by atoms with E-state index in [1.165, 1.54) is 0 Å². The van der Waals surface area contributed by atoms with Crippen molar-refractivity contribution in [2.24, 2.45) is 0 Å². The fourth-order valence-corrected chi connectivity index (χ4v) is 2.99. The van der Waals surface area contributed by atoms with Crippen LogP contribution in [0.25, 0.3) is 11.1 Å². The Balaban J connectivity index is 2.87. The van der Waals surface area contributed by atoms with Gasteiger partial charge in [0.2, 0.25) is 0 Å². The number of aryl methyl sites for hydroxylation is 2. The summed E-state index contributed by atoms with van der Waals surface area (Å²) in [5, 5.41) is 0.675. The molecule has 0 spiro atoms. The van der Waals surface area contributed by atoms with Gasteiger partial charge in [0.15, 0.2) is 0 Å². The van der Waals surface area contributed by atoms with Crippen molar-refractivity contribution in [3.05, 3.63) is 50.8 Å². The van der Waals surface area contributed by atoms with E-state index in [9.17, 15) is 9.59 Å². The van der Waals surface area contributed by atoms with E-state index in [1.54, 1.807) is 45.9 Å². The minimum absolute atomic E-state index is 0.196. The first-order valence-electron chi connectivity index (χ1n) is 8.12. The predicted octanol–water partition coefficient (Wildman–Crippen LogP) is 5.03. The van der Waals surface area contributed by atoms with Gasteiger partial charge >= 0.3 is 11.9 Å². The van der Waals surface area contributed by atoms with Gasteiger partial charge in [0.25, 0.3) is 0 Å². The normalized spacial score (nSPS) is 10.5. The van der Waals surface area contributed by atoms with Crippen molar-refractivity contribution in [3.8, 4) is 11.1 Å². The number of benzene rings is 1. The minimum atomic E-state index is -0.566. The number of esters is 2. The molecule has 0 aliphatic carbocycles. The maximum atomic E-state index is 12.6. The van der Waals surface area contributed by atoms with Crippen LogP contribution >= 0.6 is 23.2 Å². The van der Waals surface area contributed by atoms with Crippen LogP contribution in [-0.2, 0) is 9.47 Å². The largest absolute Gasteiger partial charge is 0.462 e. The van der Waals surface area contributed by atoms with Crippen molar-refractivity contribution >= 4 is 35.1 Å². The highest BCUT2D eigenvalue weighted by molar-refractivity contribution is 6.42. The second-order valence-electron chi connectivity index (χ2n) is 5.48. The Morgan fingerprint density at radius 2 is 1.42 bits per heavy atom. The number of hydrogen-bond donors (Lipinski definition) is 0. The Bertz CT molecular complexity index is 823. The van der Waals surface area contributed by atoms with E-state index in [0.29, 0.717) is 32.6 Å². The van der Waals surface area contributed by atoms with Crippen LogP contribution in [-0.4, -0.2) is 30.1 Å². The molecule has 0 radical (unpaired) electrons. The average molecular weight is 396 g/mol. The zero-order valence-electron chi connectivity index (χ0n) is 15.0. The summed E-state index contributed by atoms with van der Waals surface area (Å²) >= 11 is 12.2. The number of pyridine rings is 1. The van der Waals surface area contributed by atoms with Gasteiger partial charge in [-0.25, -0.2) is 9.59 Å². The summed E-state index contributed by atoms with van der Waals surface area (Å²) in [6.45, 7) is 7.19. The van der Waals surface area contributed by atoms with Gasteiger partial charge < -0.3 is 9.47 Å². The van der Waals surface area contributed by atoms with Crippen LogP contribution in [0.15, 0.2) is 18.2 Å². The predicted molar refractivity (Wildman–Crippen MR) is 101 cm³/mol. The zero-order chi connectivity index (χ0) is 19.4. The molecule has 0 fully saturated rings. The first-order valence-corrected chi connectivity index (χ1v) is 8.88. The summed E-state index contributed by atoms with van der Waals surface area (Å²) in [6, 6.07) is 4.89. The molecular formula is C19H19Cl2NO4. The molecule has 0 aliphatic rings. The number of hydrogen-bond acceptors (Lipinski definition) is 5. The number of carbonyl (C=O) groups excluding carboxylic acids is 2. The molecule has 7 heteroatoms. The molecule has 5 nitrogen and oxygen atoms in total. The lowest BCUT2D eigenvalue weighted by Crippen LogP contribution is -2.17. The smallest absolute Gasteiger partial charge is 0.340 e. The van der Waals surface area contributed by atoms with Crippen molar-refractivity contribution in [1.82, 2.24) is 4.98 Å². The van der Waals surface area contributed by atoms with Gasteiger partial charge in [-0.1, -0.05) is 29.3 Å². The second-order valence-corrected chi connectivity index (χ2v) is 6.29. The molecule has 1 heterocycles. The standard InChI is InChI=1S/C19H19Cl2NO4/c1-5-25-18(23)15-10(3)22-11(4)16(19(24)26-6-2)17(15)12-7-8-13(20)14(21)9-12/h7-9H,5-6H2,1-4H3. The summed E-state index contributed by atoms with van der Waals surface area (Å²) in [6.07, 6.45) is 0. The molecule has 0 saturated heterocycles. The van der Waals surface area contributed by atoms with E-state index in [1.807, 2.05) is 0 Å². The number of ether oxygens (including phenoxy) is 2. The summed E-state index contributed by atoms with van der Waals surface area (Å²) in [7, 11) is 0. The van der Waals surface area contributed by atoms with Crippen LogP contribution in [0.4, 0.5) is 0 Å². The molecule has 0 aliphatic heterocycles. The van der Waals surface area contributed by atoms with E-state index >= 15 is 0 Å². The third-order valence-electron chi connectivity index (χ3n) is 3.73. The molecular weight excluding hydrogens is 377 g/mol. The van der Waals surface area contributed by atoms with Gasteiger partial charge in [-0.15, -0.1) is 0 Å². The summed E-state index contributed by atoms with van der Waals surface area (Å²) in [5.74, 6) is -1.13. The van der Waals surface area contributed by atoms with E-state index in [2.05, 4.69) is 4.98 Å². The first-order chi connectivity index (χ1) is 12.3. The Morgan fingerprint density at radius 3 is 1.85 bits per heavy atom. The van der Waals surface area contributed by atoms with Crippen molar-refractivity contribution in [3.63, 3.8) is 0 Å². The van der Waals surface area contributed by atoms with Crippen molar-refractivity contribution in [1.29, 1.82) is 0 Å². The minimum Gasteiger partial charge on any atom is -0.462 e. The van der Waals surface area contributed by atoms with Crippen LogP contribution in [0.1, 0.15) is 46.0 Å². The van der Waals surface area contributed by atoms with Crippen LogP contribution in [0.3, 0.4) is 0 Å². The highest BCUT2D eigenvalue weighted by atomic mass is 35.5. The van der Waals surface area contributed by atoms with E-state index in [-0.39, 0.29) is 24.3 Å². The fraction of sp³-hybridized carbons (Fsp3) is 0.316. The van der Waals surface area contributed by atoms with E-state index < -0.39 is 11.9 Å². The highest BCUT2D eigenvalue weighted by Crippen LogP contribution is 2.35. The SMILES string of the molecule is CCOC(=O)c1c(C)nc(C)c(C(=O)OCC)c1-c1ccc(Cl)c(Cl)c1. The Morgan fingerprint density at radius 1 is 0.923 bits per heavy atom. The topological polar surface area (TPSA) is 65.5 Å². The van der Waals surface area contributed by atoms with Gasteiger partial charge in [0, 0.05) is 5.56 Å². The van der Waals surface area contributed by atoms with Crippen LogP contribution < -0.4 is 0 Å². The number of carbonyl (C=O) groups is 2. The molecule has 2 rings (SSSR count).